The summed E-state index contributed by atoms with van der Waals surface area (Å²) in [4.78, 5) is 58.4. The number of para-hydroxylation sites is 1. The molecule has 1 N–H and O–H groups in total. The maximum absolute atomic E-state index is 14.2. The summed E-state index contributed by atoms with van der Waals surface area (Å²) in [5.74, 6) is -1.71. The van der Waals surface area contributed by atoms with Gasteiger partial charge in [0.25, 0.3) is 17.6 Å². The lowest BCUT2D eigenvalue weighted by atomic mass is 10.0. The van der Waals surface area contributed by atoms with Gasteiger partial charge in [-0.3, -0.25) is 24.1 Å². The van der Waals surface area contributed by atoms with E-state index in [4.69, 9.17) is 4.74 Å². The van der Waals surface area contributed by atoms with Crippen molar-refractivity contribution in [3.05, 3.63) is 120 Å². The van der Waals surface area contributed by atoms with Gasteiger partial charge in [-0.2, -0.15) is 0 Å². The molecule has 0 aromatic heterocycles. The van der Waals surface area contributed by atoms with Crippen molar-refractivity contribution in [1.29, 1.82) is 0 Å². The Morgan fingerprint density at radius 1 is 0.837 bits per heavy atom. The van der Waals surface area contributed by atoms with Crippen LogP contribution in [0.1, 0.15) is 27.5 Å². The lowest BCUT2D eigenvalue weighted by Crippen LogP contribution is -2.46. The van der Waals surface area contributed by atoms with Gasteiger partial charge in [-0.1, -0.05) is 54.6 Å². The summed E-state index contributed by atoms with van der Waals surface area (Å²) >= 11 is 0. The molecule has 218 valence electrons. The first-order valence-corrected chi connectivity index (χ1v) is 13.8. The first-order chi connectivity index (χ1) is 20.8. The van der Waals surface area contributed by atoms with E-state index in [-0.39, 0.29) is 12.1 Å². The van der Waals surface area contributed by atoms with Crippen molar-refractivity contribution >= 4 is 40.6 Å². The van der Waals surface area contributed by atoms with Gasteiger partial charge in [0.1, 0.15) is 18.3 Å². The Morgan fingerprint density at radius 2 is 1.49 bits per heavy atom. The average molecular weight is 577 g/mol. The fourth-order valence-corrected chi connectivity index (χ4v) is 5.04. The Balaban J connectivity index is 1.52. The van der Waals surface area contributed by atoms with Gasteiger partial charge < -0.3 is 19.9 Å². The van der Waals surface area contributed by atoms with E-state index in [0.717, 1.165) is 11.3 Å². The maximum Gasteiger partial charge on any atom is 0.299 e. The lowest BCUT2D eigenvalue weighted by Gasteiger charge is -2.33. The SMILES string of the molecule is COc1ccc(CN(C(=O)CN2C(=O)C(=O)c3ccccc32)C(C(=O)Nc2ccc(N(C)C)cc2)c2ccccc2)cc1. The van der Waals surface area contributed by atoms with Crippen LogP contribution >= 0.6 is 0 Å². The molecule has 0 radical (unpaired) electrons. The molecule has 3 amide bonds. The molecule has 4 aromatic carbocycles. The first kappa shape index (κ1) is 29.1. The van der Waals surface area contributed by atoms with Crippen LogP contribution in [0, 0.1) is 0 Å². The van der Waals surface area contributed by atoms with E-state index >= 15 is 0 Å². The molecule has 0 fully saturated rings. The quantitative estimate of drug-likeness (QED) is 0.275. The molecule has 5 rings (SSSR count). The zero-order chi connectivity index (χ0) is 30.5. The van der Waals surface area contributed by atoms with Crippen LogP contribution in [0.5, 0.6) is 5.75 Å². The van der Waals surface area contributed by atoms with Gasteiger partial charge in [0.05, 0.1) is 18.4 Å². The molecule has 43 heavy (non-hydrogen) atoms. The second kappa shape index (κ2) is 12.6. The van der Waals surface area contributed by atoms with E-state index in [1.807, 2.05) is 49.3 Å². The Morgan fingerprint density at radius 3 is 2.14 bits per heavy atom. The van der Waals surface area contributed by atoms with Crippen LogP contribution in [0.4, 0.5) is 17.1 Å². The number of hydrogen-bond acceptors (Lipinski definition) is 6. The summed E-state index contributed by atoms with van der Waals surface area (Å²) in [6.07, 6.45) is 0. The number of carbonyl (C=O) groups excluding carboxylic acids is 4. The van der Waals surface area contributed by atoms with Crippen molar-refractivity contribution in [3.63, 3.8) is 0 Å². The van der Waals surface area contributed by atoms with Crippen molar-refractivity contribution in [2.75, 3.05) is 42.9 Å². The molecular formula is C34H32N4O5. The Labute approximate surface area is 250 Å². The largest absolute Gasteiger partial charge is 0.497 e. The van der Waals surface area contributed by atoms with Crippen LogP contribution in [0.3, 0.4) is 0 Å². The van der Waals surface area contributed by atoms with E-state index in [2.05, 4.69) is 5.32 Å². The van der Waals surface area contributed by atoms with Crippen LogP contribution in [0.15, 0.2) is 103 Å². The normalized spacial score (nSPS) is 12.9. The molecule has 0 aliphatic carbocycles. The molecule has 1 unspecified atom stereocenters. The first-order valence-electron chi connectivity index (χ1n) is 13.8. The number of ether oxygens (including phenoxy) is 1. The molecule has 4 aromatic rings. The van der Waals surface area contributed by atoms with Gasteiger partial charge >= 0.3 is 0 Å². The fraction of sp³-hybridized carbons (Fsp3) is 0.176. The molecule has 1 atom stereocenters. The number of amides is 3. The predicted octanol–water partition coefficient (Wildman–Crippen LogP) is 4.70. The van der Waals surface area contributed by atoms with Crippen LogP contribution in [0.2, 0.25) is 0 Å². The highest BCUT2D eigenvalue weighted by atomic mass is 16.5. The Bertz CT molecular complexity index is 1640. The van der Waals surface area contributed by atoms with E-state index < -0.39 is 36.1 Å². The number of hydrogen-bond donors (Lipinski definition) is 1. The van der Waals surface area contributed by atoms with Crippen molar-refractivity contribution in [1.82, 2.24) is 4.90 Å². The maximum atomic E-state index is 14.2. The van der Waals surface area contributed by atoms with Gasteiger partial charge in [0, 0.05) is 32.0 Å². The molecule has 1 aliphatic rings. The number of fused-ring (bicyclic) bond motifs is 1. The van der Waals surface area contributed by atoms with Crippen LogP contribution < -0.4 is 19.9 Å². The lowest BCUT2D eigenvalue weighted by molar-refractivity contribution is -0.139. The third-order valence-corrected chi connectivity index (χ3v) is 7.33. The second-order valence-corrected chi connectivity index (χ2v) is 10.4. The number of carbonyl (C=O) groups is 4. The smallest absolute Gasteiger partial charge is 0.299 e. The number of nitrogens with zero attached hydrogens (tertiary/aromatic N) is 3. The summed E-state index contributed by atoms with van der Waals surface area (Å²) in [6, 6.07) is 29.1. The number of Topliss-reactive ketones (excluding diaryl/α,β-unsaturated/α-hetero) is 1. The van der Waals surface area contributed by atoms with E-state index in [1.165, 1.54) is 9.80 Å². The highest BCUT2D eigenvalue weighted by molar-refractivity contribution is 6.52. The minimum atomic E-state index is -1.05. The van der Waals surface area contributed by atoms with Gasteiger partial charge in [0.2, 0.25) is 5.91 Å². The van der Waals surface area contributed by atoms with E-state index in [0.29, 0.717) is 22.7 Å². The summed E-state index contributed by atoms with van der Waals surface area (Å²) in [5.41, 5.74) is 3.51. The van der Waals surface area contributed by atoms with E-state index in [9.17, 15) is 19.2 Å². The minimum absolute atomic E-state index is 0.0625. The zero-order valence-electron chi connectivity index (χ0n) is 24.2. The molecule has 0 bridgehead atoms. The van der Waals surface area contributed by atoms with Crippen LogP contribution in [-0.2, 0) is 20.9 Å². The van der Waals surface area contributed by atoms with Crippen molar-refractivity contribution < 1.29 is 23.9 Å². The van der Waals surface area contributed by atoms with Crippen molar-refractivity contribution in [2.45, 2.75) is 12.6 Å². The average Bonchev–Trinajstić information content (AvgIpc) is 3.26. The van der Waals surface area contributed by atoms with E-state index in [1.54, 1.807) is 79.9 Å². The summed E-state index contributed by atoms with van der Waals surface area (Å²) in [5, 5.41) is 2.97. The highest BCUT2D eigenvalue weighted by Crippen LogP contribution is 2.31. The third-order valence-electron chi connectivity index (χ3n) is 7.33. The molecule has 0 saturated carbocycles. The highest BCUT2D eigenvalue weighted by Gasteiger charge is 2.39. The number of anilines is 3. The van der Waals surface area contributed by atoms with Gasteiger partial charge in [-0.25, -0.2) is 0 Å². The molecule has 9 heteroatoms. The van der Waals surface area contributed by atoms with Crippen LogP contribution in [-0.4, -0.2) is 56.2 Å². The monoisotopic (exact) mass is 576 g/mol. The van der Waals surface area contributed by atoms with Gasteiger partial charge in [-0.05, 0) is 59.7 Å². The molecule has 9 nitrogen and oxygen atoms in total. The van der Waals surface area contributed by atoms with Crippen molar-refractivity contribution in [2.24, 2.45) is 0 Å². The second-order valence-electron chi connectivity index (χ2n) is 10.4. The number of ketones is 1. The number of rotatable bonds is 10. The van der Waals surface area contributed by atoms with Crippen LogP contribution in [0.25, 0.3) is 0 Å². The summed E-state index contributed by atoms with van der Waals surface area (Å²) in [6.45, 7) is -0.348. The fourth-order valence-electron chi connectivity index (χ4n) is 5.04. The summed E-state index contributed by atoms with van der Waals surface area (Å²) < 4.78 is 5.29. The zero-order valence-corrected chi connectivity index (χ0v) is 24.2. The number of nitrogens with one attached hydrogen (secondary N) is 1. The third kappa shape index (κ3) is 6.25. The standard InChI is InChI=1S/C34H32N4O5/c1-36(2)26-17-15-25(16-18-26)35-33(41)31(24-9-5-4-6-10-24)38(21-23-13-19-27(43-3)20-14-23)30(39)22-37-29-12-8-7-11-28(29)32(40)34(37)42/h4-20,31H,21-22H2,1-3H3,(H,35,41). The number of benzene rings is 4. The summed E-state index contributed by atoms with van der Waals surface area (Å²) in [7, 11) is 5.43. The molecule has 1 heterocycles. The Hall–Kier alpha value is -5.44. The van der Waals surface area contributed by atoms with Gasteiger partial charge in [-0.15, -0.1) is 0 Å². The number of methoxy groups -OCH3 is 1. The topological polar surface area (TPSA) is 99.3 Å². The molecular weight excluding hydrogens is 544 g/mol. The van der Waals surface area contributed by atoms with Crippen molar-refractivity contribution in [3.8, 4) is 5.75 Å². The Kier molecular flexibility index (Phi) is 8.52. The molecule has 1 aliphatic heterocycles. The predicted molar refractivity (Wildman–Crippen MR) is 165 cm³/mol. The molecule has 0 spiro atoms. The van der Waals surface area contributed by atoms with Gasteiger partial charge in [0.15, 0.2) is 0 Å². The minimum Gasteiger partial charge on any atom is -0.497 e. The molecule has 0 saturated heterocycles.